The van der Waals surface area contributed by atoms with Gasteiger partial charge in [-0.05, 0) is 47.7 Å². The molecule has 1 aliphatic rings. The van der Waals surface area contributed by atoms with Crippen molar-refractivity contribution in [2.45, 2.75) is 44.7 Å². The quantitative estimate of drug-likeness (QED) is 0.328. The Morgan fingerprint density at radius 1 is 1.11 bits per heavy atom. The lowest BCUT2D eigenvalue weighted by Crippen LogP contribution is -2.56. The minimum atomic E-state index is -1.69. The Labute approximate surface area is 228 Å². The van der Waals surface area contributed by atoms with Crippen molar-refractivity contribution in [3.8, 4) is 16.9 Å². The molecule has 0 saturated heterocycles. The topological polar surface area (TPSA) is 100 Å². The van der Waals surface area contributed by atoms with Crippen molar-refractivity contribution in [3.05, 3.63) is 88.9 Å². The molecule has 4 rings (SSSR count). The summed E-state index contributed by atoms with van der Waals surface area (Å²) in [6.07, 6.45) is 0.881. The zero-order valence-electron chi connectivity index (χ0n) is 21.7. The number of ether oxygens (including phenoxy) is 1. The maximum atomic E-state index is 13.7. The number of amides is 1. The number of halogens is 1. The van der Waals surface area contributed by atoms with Crippen molar-refractivity contribution in [1.82, 2.24) is 5.32 Å². The van der Waals surface area contributed by atoms with Gasteiger partial charge >= 0.3 is 7.12 Å². The fourth-order valence-electron chi connectivity index (χ4n) is 4.69. The number of nitrogens with one attached hydrogen (secondary N) is 1. The monoisotopic (exact) mass is 534 g/mol. The van der Waals surface area contributed by atoms with Gasteiger partial charge in [-0.15, -0.1) is 0 Å². The highest BCUT2D eigenvalue weighted by Crippen LogP contribution is 2.35. The van der Waals surface area contributed by atoms with E-state index >= 15 is 0 Å². The maximum absolute atomic E-state index is 13.7. The van der Waals surface area contributed by atoms with E-state index in [0.29, 0.717) is 22.9 Å². The first-order chi connectivity index (χ1) is 18.2. The first-order valence-corrected chi connectivity index (χ1v) is 13.0. The van der Waals surface area contributed by atoms with Crippen LogP contribution in [0.1, 0.15) is 37.8 Å². The van der Waals surface area contributed by atoms with Gasteiger partial charge in [-0.1, -0.05) is 79.1 Å². The average Bonchev–Trinajstić information content (AvgIpc) is 3.34. The van der Waals surface area contributed by atoms with Crippen LogP contribution >= 0.6 is 11.6 Å². The standard InChI is InChI=1S/C29H32BClN2O5/c1-19(2)14-27(30(35)36)32-28(34)29(17-20-8-5-4-6-9-20)18-25(33-38-29)22-11-7-10-21(15-22)24-16-23(31)12-13-26(24)37-3/h4-13,15-16,19,27,35-36H,14,17-18H2,1-3H3,(H,32,34). The number of methoxy groups -OCH3 is 1. The minimum absolute atomic E-state index is 0.148. The largest absolute Gasteiger partial charge is 0.496 e. The van der Waals surface area contributed by atoms with Gasteiger partial charge in [0.25, 0.3) is 5.91 Å². The summed E-state index contributed by atoms with van der Waals surface area (Å²) in [5, 5.41) is 27.6. The molecular weight excluding hydrogens is 503 g/mol. The van der Waals surface area contributed by atoms with Crippen molar-refractivity contribution >= 4 is 30.3 Å². The minimum Gasteiger partial charge on any atom is -0.496 e. The van der Waals surface area contributed by atoms with Crippen LogP contribution in [0.4, 0.5) is 0 Å². The molecule has 0 aromatic heterocycles. The van der Waals surface area contributed by atoms with E-state index in [-0.39, 0.29) is 18.8 Å². The SMILES string of the molecule is COc1ccc(Cl)cc1-c1cccc(C2=NOC(Cc3ccccc3)(C(=O)NC(CC(C)C)B(O)O)C2)c1. The third-order valence-corrected chi connectivity index (χ3v) is 6.84. The van der Waals surface area contributed by atoms with Crippen LogP contribution in [0.3, 0.4) is 0 Å². The van der Waals surface area contributed by atoms with Crippen LogP contribution in [-0.4, -0.2) is 47.4 Å². The molecule has 7 nitrogen and oxygen atoms in total. The van der Waals surface area contributed by atoms with E-state index in [1.165, 1.54) is 0 Å². The van der Waals surface area contributed by atoms with Crippen molar-refractivity contribution < 1.29 is 24.4 Å². The third-order valence-electron chi connectivity index (χ3n) is 6.60. The Balaban J connectivity index is 1.64. The maximum Gasteiger partial charge on any atom is 0.475 e. The van der Waals surface area contributed by atoms with Crippen LogP contribution in [0.2, 0.25) is 5.02 Å². The molecule has 0 aliphatic carbocycles. The fraction of sp³-hybridized carbons (Fsp3) is 0.310. The molecule has 2 unspecified atom stereocenters. The van der Waals surface area contributed by atoms with E-state index in [9.17, 15) is 14.8 Å². The molecule has 1 aliphatic heterocycles. The van der Waals surface area contributed by atoms with Gasteiger partial charge < -0.3 is 24.9 Å². The van der Waals surface area contributed by atoms with Gasteiger partial charge in [0.05, 0.1) is 18.8 Å². The molecule has 1 amide bonds. The number of oxime groups is 1. The van der Waals surface area contributed by atoms with E-state index in [1.807, 2.05) is 80.6 Å². The summed E-state index contributed by atoms with van der Waals surface area (Å²) >= 11 is 6.26. The van der Waals surface area contributed by atoms with Crippen LogP contribution in [0.15, 0.2) is 78.0 Å². The lowest BCUT2D eigenvalue weighted by Gasteiger charge is -2.29. The molecule has 0 spiro atoms. The molecule has 38 heavy (non-hydrogen) atoms. The Morgan fingerprint density at radius 3 is 2.53 bits per heavy atom. The van der Waals surface area contributed by atoms with Crippen molar-refractivity contribution in [1.29, 1.82) is 0 Å². The smallest absolute Gasteiger partial charge is 0.475 e. The molecule has 0 saturated carbocycles. The Kier molecular flexibility index (Phi) is 8.77. The first-order valence-electron chi connectivity index (χ1n) is 12.6. The Bertz CT molecular complexity index is 1300. The molecule has 9 heteroatoms. The molecule has 0 radical (unpaired) electrons. The normalized spacial score (nSPS) is 17.5. The average molecular weight is 535 g/mol. The number of carbonyl (C=O) groups is 1. The summed E-state index contributed by atoms with van der Waals surface area (Å²) in [6, 6.07) is 22.7. The second-order valence-corrected chi connectivity index (χ2v) is 10.4. The van der Waals surface area contributed by atoms with Crippen LogP contribution < -0.4 is 10.1 Å². The van der Waals surface area contributed by atoms with Crippen LogP contribution in [0, 0.1) is 5.92 Å². The number of hydrogen-bond donors (Lipinski definition) is 3. The molecule has 0 fully saturated rings. The number of benzene rings is 3. The van der Waals surface area contributed by atoms with E-state index in [1.54, 1.807) is 13.2 Å². The highest BCUT2D eigenvalue weighted by Gasteiger charge is 2.48. The Morgan fingerprint density at radius 2 is 1.84 bits per heavy atom. The molecule has 198 valence electrons. The molecule has 1 heterocycles. The zero-order valence-corrected chi connectivity index (χ0v) is 22.5. The van der Waals surface area contributed by atoms with Crippen molar-refractivity contribution in [2.75, 3.05) is 7.11 Å². The van der Waals surface area contributed by atoms with Crippen LogP contribution in [0.5, 0.6) is 5.75 Å². The summed E-state index contributed by atoms with van der Waals surface area (Å²) in [7, 11) is -0.0842. The predicted molar refractivity (Wildman–Crippen MR) is 150 cm³/mol. The number of carbonyl (C=O) groups excluding carboxylic acids is 1. The lowest BCUT2D eigenvalue weighted by molar-refractivity contribution is -0.144. The van der Waals surface area contributed by atoms with Gasteiger partial charge in [0, 0.05) is 29.0 Å². The van der Waals surface area contributed by atoms with E-state index < -0.39 is 24.6 Å². The van der Waals surface area contributed by atoms with Gasteiger partial charge in [-0.3, -0.25) is 4.79 Å². The van der Waals surface area contributed by atoms with Gasteiger partial charge in [0.2, 0.25) is 5.60 Å². The number of rotatable bonds is 10. The molecule has 3 aromatic rings. The summed E-state index contributed by atoms with van der Waals surface area (Å²) in [5.41, 5.74) is 2.70. The van der Waals surface area contributed by atoms with Gasteiger partial charge in [-0.25, -0.2) is 0 Å². The molecule has 3 N–H and O–H groups in total. The second-order valence-electron chi connectivity index (χ2n) is 10.0. The highest BCUT2D eigenvalue weighted by molar-refractivity contribution is 6.43. The van der Waals surface area contributed by atoms with Crippen molar-refractivity contribution in [3.63, 3.8) is 0 Å². The van der Waals surface area contributed by atoms with Crippen molar-refractivity contribution in [2.24, 2.45) is 11.1 Å². The molecular formula is C29H32BClN2O5. The molecule has 3 aromatic carbocycles. The number of hydrogen-bond acceptors (Lipinski definition) is 6. The molecule has 0 bridgehead atoms. The molecule has 2 atom stereocenters. The number of nitrogens with zero attached hydrogens (tertiary/aromatic N) is 1. The van der Waals surface area contributed by atoms with Gasteiger partial charge in [0.15, 0.2) is 0 Å². The Hall–Kier alpha value is -3.33. The lowest BCUT2D eigenvalue weighted by atomic mass is 9.74. The van der Waals surface area contributed by atoms with E-state index in [2.05, 4.69) is 10.5 Å². The van der Waals surface area contributed by atoms with E-state index in [0.717, 1.165) is 22.3 Å². The van der Waals surface area contributed by atoms with Crippen LogP contribution in [0.25, 0.3) is 11.1 Å². The summed E-state index contributed by atoms with van der Waals surface area (Å²) in [6.45, 7) is 3.91. The summed E-state index contributed by atoms with van der Waals surface area (Å²) < 4.78 is 5.53. The van der Waals surface area contributed by atoms with Gasteiger partial charge in [0.1, 0.15) is 5.75 Å². The van der Waals surface area contributed by atoms with E-state index in [4.69, 9.17) is 21.2 Å². The summed E-state index contributed by atoms with van der Waals surface area (Å²) in [4.78, 5) is 19.6. The predicted octanol–water partition coefficient (Wildman–Crippen LogP) is 4.66. The van der Waals surface area contributed by atoms with Crippen LogP contribution in [-0.2, 0) is 16.1 Å². The third kappa shape index (κ3) is 6.38. The first kappa shape index (κ1) is 27.7. The zero-order chi connectivity index (χ0) is 27.3. The van der Waals surface area contributed by atoms with Gasteiger partial charge in [-0.2, -0.15) is 0 Å². The second kappa shape index (κ2) is 12.0. The summed E-state index contributed by atoms with van der Waals surface area (Å²) in [5.74, 6) is -0.435. The fourth-order valence-corrected chi connectivity index (χ4v) is 4.86. The highest BCUT2D eigenvalue weighted by atomic mass is 35.5.